The third kappa shape index (κ3) is 6.56. The van der Waals surface area contributed by atoms with Crippen LogP contribution in [0.1, 0.15) is 29.5 Å². The van der Waals surface area contributed by atoms with Crippen molar-refractivity contribution < 1.29 is 13.2 Å². The Morgan fingerprint density at radius 3 is 1.88 bits per heavy atom. The number of nitrogens with zero attached hydrogens (tertiary/aromatic N) is 2. The zero-order valence-electron chi connectivity index (χ0n) is 19.0. The molecule has 0 spiro atoms. The molecule has 1 saturated heterocycles. The number of amides is 1. The van der Waals surface area contributed by atoms with Gasteiger partial charge in [-0.1, -0.05) is 88.7 Å². The lowest BCUT2D eigenvalue weighted by molar-refractivity contribution is -0.138. The molecule has 0 aliphatic carbocycles. The molecule has 0 unspecified atom stereocenters. The summed E-state index contributed by atoms with van der Waals surface area (Å²) in [6.07, 6.45) is 1.08. The predicted octanol–water partition coefficient (Wildman–Crippen LogP) is 5.22. The highest BCUT2D eigenvalue weighted by atomic mass is 79.9. The van der Waals surface area contributed by atoms with Crippen molar-refractivity contribution in [1.29, 1.82) is 0 Å². The Morgan fingerprint density at radius 2 is 1.35 bits per heavy atom. The monoisotopic (exact) mass is 540 g/mol. The van der Waals surface area contributed by atoms with Gasteiger partial charge in [0.05, 0.1) is 5.75 Å². The van der Waals surface area contributed by atoms with Crippen LogP contribution in [0, 0.1) is 5.92 Å². The number of hydrogen-bond donors (Lipinski definition) is 0. The standard InChI is InChI=1S/C27H29BrN2O3S/c28-26-13-7-12-24(18-26)21-34(32,33)30-16-14-25(15-17-30)27(31)29(19-22-8-3-1-4-9-22)20-23-10-5-2-6-11-23/h1-13,18,25H,14-17,19-21H2. The van der Waals surface area contributed by atoms with Crippen LogP contribution in [-0.2, 0) is 33.7 Å². The molecule has 0 saturated carbocycles. The van der Waals surface area contributed by atoms with E-state index in [-0.39, 0.29) is 17.6 Å². The Hall–Kier alpha value is -2.48. The fourth-order valence-corrected chi connectivity index (χ4v) is 6.38. The lowest BCUT2D eigenvalue weighted by Gasteiger charge is -2.34. The molecule has 178 valence electrons. The Morgan fingerprint density at radius 1 is 0.824 bits per heavy atom. The molecular formula is C27H29BrN2O3S. The molecule has 0 N–H and O–H groups in total. The SMILES string of the molecule is O=C(C1CCN(S(=O)(=O)Cc2cccc(Br)c2)CC1)N(Cc1ccccc1)Cc1ccccc1. The topological polar surface area (TPSA) is 57.7 Å². The zero-order chi connectivity index (χ0) is 24.0. The molecule has 4 rings (SSSR count). The molecule has 1 amide bonds. The highest BCUT2D eigenvalue weighted by Gasteiger charge is 2.33. The number of hydrogen-bond acceptors (Lipinski definition) is 3. The lowest BCUT2D eigenvalue weighted by atomic mass is 9.96. The van der Waals surface area contributed by atoms with Crippen molar-refractivity contribution in [3.05, 3.63) is 106 Å². The summed E-state index contributed by atoms with van der Waals surface area (Å²) in [6, 6.07) is 27.4. The highest BCUT2D eigenvalue weighted by molar-refractivity contribution is 9.10. The minimum Gasteiger partial charge on any atom is -0.334 e. The van der Waals surface area contributed by atoms with E-state index in [9.17, 15) is 13.2 Å². The van der Waals surface area contributed by atoms with Gasteiger partial charge in [-0.25, -0.2) is 12.7 Å². The molecule has 5 nitrogen and oxygen atoms in total. The van der Waals surface area contributed by atoms with E-state index in [0.717, 1.165) is 21.2 Å². The maximum Gasteiger partial charge on any atom is 0.226 e. The minimum absolute atomic E-state index is 0.0286. The van der Waals surface area contributed by atoms with E-state index in [4.69, 9.17) is 0 Å². The smallest absolute Gasteiger partial charge is 0.226 e. The molecule has 1 fully saturated rings. The summed E-state index contributed by atoms with van der Waals surface area (Å²) >= 11 is 3.40. The summed E-state index contributed by atoms with van der Waals surface area (Å²) in [6.45, 7) is 1.82. The largest absolute Gasteiger partial charge is 0.334 e. The van der Waals surface area contributed by atoms with Crippen LogP contribution in [-0.4, -0.2) is 36.6 Å². The van der Waals surface area contributed by atoms with E-state index >= 15 is 0 Å². The van der Waals surface area contributed by atoms with Gasteiger partial charge in [-0.05, 0) is 41.7 Å². The molecule has 0 bridgehead atoms. The van der Waals surface area contributed by atoms with Gasteiger partial charge in [0.25, 0.3) is 0 Å². The first-order chi connectivity index (χ1) is 16.4. The van der Waals surface area contributed by atoms with E-state index in [0.29, 0.717) is 39.0 Å². The van der Waals surface area contributed by atoms with Crippen molar-refractivity contribution in [2.75, 3.05) is 13.1 Å². The van der Waals surface area contributed by atoms with E-state index in [1.807, 2.05) is 89.8 Å². The van der Waals surface area contributed by atoms with Crippen LogP contribution < -0.4 is 0 Å². The van der Waals surface area contributed by atoms with Crippen molar-refractivity contribution in [3.8, 4) is 0 Å². The number of carbonyl (C=O) groups is 1. The number of sulfonamides is 1. The number of halogens is 1. The van der Waals surface area contributed by atoms with Crippen molar-refractivity contribution in [2.24, 2.45) is 5.92 Å². The lowest BCUT2D eigenvalue weighted by Crippen LogP contribution is -2.44. The molecule has 34 heavy (non-hydrogen) atoms. The Kier molecular flexibility index (Phi) is 8.19. The van der Waals surface area contributed by atoms with E-state index < -0.39 is 10.0 Å². The fourth-order valence-electron chi connectivity index (χ4n) is 4.39. The summed E-state index contributed by atoms with van der Waals surface area (Å²) in [5, 5.41) is 0. The summed E-state index contributed by atoms with van der Waals surface area (Å²) in [7, 11) is -3.43. The predicted molar refractivity (Wildman–Crippen MR) is 138 cm³/mol. The van der Waals surface area contributed by atoms with Crippen molar-refractivity contribution >= 4 is 31.9 Å². The average Bonchev–Trinajstić information content (AvgIpc) is 2.84. The first-order valence-corrected chi connectivity index (χ1v) is 13.9. The quantitative estimate of drug-likeness (QED) is 0.393. The Bertz CT molecular complexity index is 1150. The van der Waals surface area contributed by atoms with Crippen LogP contribution in [0.4, 0.5) is 0 Å². The number of rotatable bonds is 8. The van der Waals surface area contributed by atoms with Gasteiger partial charge < -0.3 is 4.90 Å². The molecule has 1 heterocycles. The maximum atomic E-state index is 13.5. The fraction of sp³-hybridized carbons (Fsp3) is 0.296. The Labute approximate surface area is 210 Å². The van der Waals surface area contributed by atoms with Gasteiger partial charge >= 0.3 is 0 Å². The van der Waals surface area contributed by atoms with Crippen LogP contribution in [0.25, 0.3) is 0 Å². The second-order valence-corrected chi connectivity index (χ2v) is 11.6. The molecule has 0 atom stereocenters. The van der Waals surface area contributed by atoms with Gasteiger partial charge in [0, 0.05) is 36.6 Å². The number of carbonyl (C=O) groups excluding carboxylic acids is 1. The first-order valence-electron chi connectivity index (χ1n) is 11.5. The van der Waals surface area contributed by atoms with E-state index in [2.05, 4.69) is 15.9 Å². The molecular weight excluding hydrogens is 512 g/mol. The molecule has 1 aliphatic heterocycles. The van der Waals surface area contributed by atoms with Crippen LogP contribution in [0.3, 0.4) is 0 Å². The summed E-state index contributed by atoms with van der Waals surface area (Å²) in [5.41, 5.74) is 2.92. The van der Waals surface area contributed by atoms with Crippen LogP contribution in [0.15, 0.2) is 89.4 Å². The summed E-state index contributed by atoms with van der Waals surface area (Å²) in [4.78, 5) is 15.4. The minimum atomic E-state index is -3.43. The van der Waals surface area contributed by atoms with Gasteiger partial charge in [-0.3, -0.25) is 4.79 Å². The summed E-state index contributed by atoms with van der Waals surface area (Å²) in [5.74, 6) is -0.111. The molecule has 0 aromatic heterocycles. The van der Waals surface area contributed by atoms with Gasteiger partial charge in [-0.15, -0.1) is 0 Å². The van der Waals surface area contributed by atoms with Crippen molar-refractivity contribution in [1.82, 2.24) is 9.21 Å². The number of piperidine rings is 1. The maximum absolute atomic E-state index is 13.5. The molecule has 1 aliphatic rings. The third-order valence-electron chi connectivity index (χ3n) is 6.18. The normalized spacial score (nSPS) is 15.2. The second-order valence-electron chi connectivity index (χ2n) is 8.72. The zero-order valence-corrected chi connectivity index (χ0v) is 21.4. The van der Waals surface area contributed by atoms with Gasteiger partial charge in [0.2, 0.25) is 15.9 Å². The average molecular weight is 542 g/mol. The Balaban J connectivity index is 1.42. The van der Waals surface area contributed by atoms with Gasteiger partial charge in [0.15, 0.2) is 0 Å². The molecule has 7 heteroatoms. The van der Waals surface area contributed by atoms with E-state index in [1.54, 1.807) is 0 Å². The third-order valence-corrected chi connectivity index (χ3v) is 8.52. The second kappa shape index (κ2) is 11.3. The number of benzene rings is 3. The van der Waals surface area contributed by atoms with Gasteiger partial charge in [0.1, 0.15) is 0 Å². The van der Waals surface area contributed by atoms with Gasteiger partial charge in [-0.2, -0.15) is 0 Å². The van der Waals surface area contributed by atoms with Crippen LogP contribution >= 0.6 is 15.9 Å². The van der Waals surface area contributed by atoms with Crippen molar-refractivity contribution in [3.63, 3.8) is 0 Å². The molecule has 3 aromatic rings. The van der Waals surface area contributed by atoms with E-state index in [1.165, 1.54) is 4.31 Å². The van der Waals surface area contributed by atoms with Crippen LogP contribution in [0.5, 0.6) is 0 Å². The first kappa shape index (κ1) is 24.6. The van der Waals surface area contributed by atoms with Crippen molar-refractivity contribution in [2.45, 2.75) is 31.7 Å². The summed E-state index contributed by atoms with van der Waals surface area (Å²) < 4.78 is 28.3. The van der Waals surface area contributed by atoms with Crippen LogP contribution in [0.2, 0.25) is 0 Å². The molecule has 0 radical (unpaired) electrons. The highest BCUT2D eigenvalue weighted by Crippen LogP contribution is 2.25. The molecule has 3 aromatic carbocycles.